The molecule has 1 heterocycles. The van der Waals surface area contributed by atoms with Gasteiger partial charge < -0.3 is 9.66 Å². The standard InChI is InChI=1S/C12H12N2O4S2/c1-7-11(19-8(2)13-7)14(20(17)18)10-5-3-9(4-6-10)12(15)16/h3-6H,1-2H3,(H,15,16)(H,17,18)/p-1. The van der Waals surface area contributed by atoms with Crippen LogP contribution in [0.3, 0.4) is 0 Å². The van der Waals surface area contributed by atoms with Crippen molar-refractivity contribution < 1.29 is 18.7 Å². The average Bonchev–Trinajstić information content (AvgIpc) is 2.69. The highest BCUT2D eigenvalue weighted by molar-refractivity contribution is 7.81. The number of carbonyl (C=O) groups is 1. The second-order valence-electron chi connectivity index (χ2n) is 3.99. The quantitative estimate of drug-likeness (QED) is 0.875. The van der Waals surface area contributed by atoms with E-state index in [4.69, 9.17) is 5.11 Å². The van der Waals surface area contributed by atoms with E-state index >= 15 is 0 Å². The minimum absolute atomic E-state index is 0.0996. The molecule has 1 aromatic heterocycles. The van der Waals surface area contributed by atoms with Crippen molar-refractivity contribution in [2.45, 2.75) is 13.8 Å². The van der Waals surface area contributed by atoms with Crippen LogP contribution in [0.5, 0.6) is 0 Å². The highest BCUT2D eigenvalue weighted by Crippen LogP contribution is 2.34. The third kappa shape index (κ3) is 2.87. The molecule has 0 aliphatic rings. The summed E-state index contributed by atoms with van der Waals surface area (Å²) < 4.78 is 24.0. The number of rotatable bonds is 4. The number of nitrogens with zero attached hydrogens (tertiary/aromatic N) is 2. The lowest BCUT2D eigenvalue weighted by Crippen LogP contribution is -2.19. The summed E-state index contributed by atoms with van der Waals surface area (Å²) in [6, 6.07) is 5.63. The van der Waals surface area contributed by atoms with Crippen LogP contribution in [-0.2, 0) is 11.3 Å². The van der Waals surface area contributed by atoms with Crippen molar-refractivity contribution in [1.29, 1.82) is 0 Å². The minimum Gasteiger partial charge on any atom is -0.755 e. The zero-order valence-electron chi connectivity index (χ0n) is 10.7. The van der Waals surface area contributed by atoms with Gasteiger partial charge in [0.05, 0.1) is 33.2 Å². The zero-order chi connectivity index (χ0) is 14.9. The molecule has 0 amide bonds. The smallest absolute Gasteiger partial charge is 0.335 e. The van der Waals surface area contributed by atoms with Crippen LogP contribution in [-0.4, -0.2) is 24.8 Å². The van der Waals surface area contributed by atoms with Gasteiger partial charge in [0.1, 0.15) is 5.00 Å². The number of hydrogen-bond acceptors (Lipinski definition) is 5. The fourth-order valence-electron chi connectivity index (χ4n) is 1.72. The molecule has 1 N–H and O–H groups in total. The highest BCUT2D eigenvalue weighted by Gasteiger charge is 2.17. The van der Waals surface area contributed by atoms with E-state index in [9.17, 15) is 13.6 Å². The van der Waals surface area contributed by atoms with Crippen LogP contribution < -0.4 is 4.31 Å². The first kappa shape index (κ1) is 14.6. The van der Waals surface area contributed by atoms with E-state index < -0.39 is 17.2 Å². The minimum atomic E-state index is -2.51. The topological polar surface area (TPSA) is 93.6 Å². The second kappa shape index (κ2) is 5.70. The Labute approximate surface area is 122 Å². The van der Waals surface area contributed by atoms with E-state index in [1.807, 2.05) is 0 Å². The zero-order valence-corrected chi connectivity index (χ0v) is 12.3. The SMILES string of the molecule is Cc1nc(C)c(N(c2ccc(C(=O)O)cc2)S(=O)[O-])s1. The van der Waals surface area contributed by atoms with Gasteiger partial charge in [-0.1, -0.05) is 0 Å². The molecule has 0 aliphatic carbocycles. The van der Waals surface area contributed by atoms with Crippen molar-refractivity contribution in [3.05, 3.63) is 40.5 Å². The van der Waals surface area contributed by atoms with Crippen LogP contribution in [0.25, 0.3) is 0 Å². The maximum absolute atomic E-state index is 11.5. The van der Waals surface area contributed by atoms with Gasteiger partial charge in [-0.3, -0.25) is 8.51 Å². The van der Waals surface area contributed by atoms with E-state index in [0.717, 1.165) is 9.31 Å². The predicted molar refractivity (Wildman–Crippen MR) is 76.0 cm³/mol. The van der Waals surface area contributed by atoms with Crippen molar-refractivity contribution in [3.8, 4) is 0 Å². The van der Waals surface area contributed by atoms with Crippen molar-refractivity contribution in [1.82, 2.24) is 4.98 Å². The first-order chi connectivity index (χ1) is 9.40. The van der Waals surface area contributed by atoms with Crippen LogP contribution in [0, 0.1) is 13.8 Å². The van der Waals surface area contributed by atoms with Crippen molar-refractivity contribution in [3.63, 3.8) is 0 Å². The molecule has 0 bridgehead atoms. The van der Waals surface area contributed by atoms with Gasteiger partial charge >= 0.3 is 5.97 Å². The lowest BCUT2D eigenvalue weighted by molar-refractivity contribution is 0.0697. The first-order valence-electron chi connectivity index (χ1n) is 5.57. The fourth-order valence-corrected chi connectivity index (χ4v) is 3.42. The third-order valence-electron chi connectivity index (χ3n) is 2.56. The summed E-state index contributed by atoms with van der Waals surface area (Å²) in [6.45, 7) is 3.52. The Hall–Kier alpha value is -1.77. The van der Waals surface area contributed by atoms with E-state index in [1.165, 1.54) is 35.6 Å². The third-order valence-corrected chi connectivity index (χ3v) is 4.43. The van der Waals surface area contributed by atoms with Crippen LogP contribution in [0.4, 0.5) is 10.7 Å². The number of aromatic nitrogens is 1. The number of aryl methyl sites for hydroxylation is 2. The van der Waals surface area contributed by atoms with Gasteiger partial charge in [0.25, 0.3) is 0 Å². The Morgan fingerprint density at radius 2 is 1.95 bits per heavy atom. The van der Waals surface area contributed by atoms with Gasteiger partial charge in [0.2, 0.25) is 0 Å². The largest absolute Gasteiger partial charge is 0.755 e. The summed E-state index contributed by atoms with van der Waals surface area (Å²) in [5.41, 5.74) is 1.08. The summed E-state index contributed by atoms with van der Waals surface area (Å²) in [5.74, 6) is -1.06. The highest BCUT2D eigenvalue weighted by atomic mass is 32.2. The Morgan fingerprint density at radius 3 is 2.35 bits per heavy atom. The van der Waals surface area contributed by atoms with Gasteiger partial charge in [0, 0.05) is 0 Å². The van der Waals surface area contributed by atoms with E-state index in [2.05, 4.69) is 4.98 Å². The monoisotopic (exact) mass is 311 g/mol. The average molecular weight is 311 g/mol. The van der Waals surface area contributed by atoms with Gasteiger partial charge in [-0.05, 0) is 38.1 Å². The molecule has 20 heavy (non-hydrogen) atoms. The number of anilines is 2. The van der Waals surface area contributed by atoms with Crippen molar-refractivity contribution >= 4 is 39.3 Å². The number of carboxylic acid groups (broad SMARTS) is 1. The molecule has 1 aromatic carbocycles. The molecule has 8 heteroatoms. The molecule has 0 radical (unpaired) electrons. The van der Waals surface area contributed by atoms with Crippen molar-refractivity contribution in [2.24, 2.45) is 0 Å². The molecule has 0 fully saturated rings. The summed E-state index contributed by atoms with van der Waals surface area (Å²) in [7, 11) is 0. The van der Waals surface area contributed by atoms with Crippen LogP contribution in [0.2, 0.25) is 0 Å². The molecule has 2 aromatic rings. The maximum Gasteiger partial charge on any atom is 0.335 e. The lowest BCUT2D eigenvalue weighted by Gasteiger charge is -2.25. The van der Waals surface area contributed by atoms with Crippen LogP contribution >= 0.6 is 11.3 Å². The molecule has 6 nitrogen and oxygen atoms in total. The number of benzene rings is 1. The van der Waals surface area contributed by atoms with Gasteiger partial charge in [-0.15, -0.1) is 11.3 Å². The Morgan fingerprint density at radius 1 is 1.35 bits per heavy atom. The van der Waals surface area contributed by atoms with E-state index in [0.29, 0.717) is 16.4 Å². The van der Waals surface area contributed by atoms with E-state index in [-0.39, 0.29) is 5.56 Å². The molecule has 0 spiro atoms. The molecular formula is C12H11N2O4S2-. The first-order valence-corrected chi connectivity index (χ1v) is 7.42. The summed E-state index contributed by atoms with van der Waals surface area (Å²) in [5, 5.41) is 10.1. The Kier molecular flexibility index (Phi) is 4.17. The molecular weight excluding hydrogens is 300 g/mol. The fraction of sp³-hybridized carbons (Fsp3) is 0.167. The number of carboxylic acids is 1. The van der Waals surface area contributed by atoms with E-state index in [1.54, 1.807) is 13.8 Å². The van der Waals surface area contributed by atoms with Gasteiger partial charge in [-0.25, -0.2) is 9.78 Å². The molecule has 0 saturated heterocycles. The second-order valence-corrected chi connectivity index (χ2v) is 5.97. The van der Waals surface area contributed by atoms with Gasteiger partial charge in [0.15, 0.2) is 0 Å². The number of hydrogen-bond donors (Lipinski definition) is 1. The molecule has 1 atom stereocenters. The normalized spacial score (nSPS) is 12.2. The van der Waals surface area contributed by atoms with Crippen molar-refractivity contribution in [2.75, 3.05) is 4.31 Å². The molecule has 0 saturated carbocycles. The Bertz CT molecular complexity index is 667. The summed E-state index contributed by atoms with van der Waals surface area (Å²) in [4.78, 5) is 15.0. The summed E-state index contributed by atoms with van der Waals surface area (Å²) in [6.07, 6.45) is 0. The van der Waals surface area contributed by atoms with Crippen LogP contribution in [0.1, 0.15) is 21.1 Å². The molecule has 0 aliphatic heterocycles. The Balaban J connectivity index is 2.46. The van der Waals surface area contributed by atoms with Crippen LogP contribution in [0.15, 0.2) is 24.3 Å². The molecule has 2 rings (SSSR count). The molecule has 1 unspecified atom stereocenters. The number of aromatic carboxylic acids is 1. The number of thiazole rings is 1. The predicted octanol–water partition coefficient (Wildman–Crippen LogP) is 2.39. The summed E-state index contributed by atoms with van der Waals surface area (Å²) >= 11 is -1.25. The van der Waals surface area contributed by atoms with Gasteiger partial charge in [-0.2, -0.15) is 0 Å². The lowest BCUT2D eigenvalue weighted by atomic mass is 10.2. The molecule has 106 valence electrons. The maximum atomic E-state index is 11.5.